The smallest absolute Gasteiger partial charge is 0.150 e. The van der Waals surface area contributed by atoms with Crippen molar-refractivity contribution in [3.8, 4) is 5.69 Å². The monoisotopic (exact) mass is 187 g/mol. The van der Waals surface area contributed by atoms with Crippen molar-refractivity contribution in [1.29, 1.82) is 0 Å². The molecule has 2 aromatic rings. The lowest BCUT2D eigenvalue weighted by Gasteiger charge is -2.04. The standard InChI is InChI=1S/C10H9N3O/c1-8-4-9(5-14)2-3-10(8)13-7-11-6-12-13/h2-7H,1H3. The molecule has 0 aliphatic rings. The molecule has 4 heteroatoms. The van der Waals surface area contributed by atoms with Crippen molar-refractivity contribution in [2.75, 3.05) is 0 Å². The number of carbonyl (C=O) groups excluding carboxylic acids is 1. The molecule has 1 heterocycles. The van der Waals surface area contributed by atoms with Crippen molar-refractivity contribution < 1.29 is 4.79 Å². The van der Waals surface area contributed by atoms with E-state index in [0.29, 0.717) is 5.56 Å². The first-order valence-corrected chi connectivity index (χ1v) is 4.22. The van der Waals surface area contributed by atoms with Gasteiger partial charge in [0.15, 0.2) is 0 Å². The van der Waals surface area contributed by atoms with Crippen LogP contribution in [0.2, 0.25) is 0 Å². The number of carbonyl (C=O) groups is 1. The number of benzene rings is 1. The predicted molar refractivity (Wildman–Crippen MR) is 51.5 cm³/mol. The van der Waals surface area contributed by atoms with Crippen LogP contribution in [0.15, 0.2) is 30.9 Å². The van der Waals surface area contributed by atoms with Crippen molar-refractivity contribution >= 4 is 6.29 Å². The van der Waals surface area contributed by atoms with Crippen molar-refractivity contribution in [1.82, 2.24) is 14.8 Å². The molecule has 0 N–H and O–H groups in total. The normalized spacial score (nSPS) is 10.1. The number of nitrogens with zero attached hydrogens (tertiary/aromatic N) is 3. The van der Waals surface area contributed by atoms with Gasteiger partial charge in [-0.2, -0.15) is 5.10 Å². The van der Waals surface area contributed by atoms with Crippen LogP contribution in [0.3, 0.4) is 0 Å². The Bertz CT molecular complexity index is 448. The summed E-state index contributed by atoms with van der Waals surface area (Å²) in [6, 6.07) is 5.44. The minimum Gasteiger partial charge on any atom is -0.298 e. The van der Waals surface area contributed by atoms with Gasteiger partial charge in [-0.1, -0.05) is 0 Å². The quantitative estimate of drug-likeness (QED) is 0.667. The summed E-state index contributed by atoms with van der Waals surface area (Å²) in [6.45, 7) is 1.93. The van der Waals surface area contributed by atoms with Crippen LogP contribution in [-0.4, -0.2) is 21.1 Å². The third-order valence-corrected chi connectivity index (χ3v) is 2.02. The van der Waals surface area contributed by atoms with Gasteiger partial charge in [0.1, 0.15) is 18.9 Å². The molecule has 0 aliphatic carbocycles. The molecule has 0 spiro atoms. The van der Waals surface area contributed by atoms with Crippen molar-refractivity contribution in [2.24, 2.45) is 0 Å². The van der Waals surface area contributed by atoms with E-state index in [0.717, 1.165) is 17.5 Å². The Labute approximate surface area is 81.2 Å². The van der Waals surface area contributed by atoms with Crippen molar-refractivity contribution in [2.45, 2.75) is 6.92 Å². The molecule has 0 saturated heterocycles. The summed E-state index contributed by atoms with van der Waals surface area (Å²) in [6.07, 6.45) is 3.94. The molecule has 0 saturated carbocycles. The molecule has 14 heavy (non-hydrogen) atoms. The molecule has 2 rings (SSSR count). The Hall–Kier alpha value is -1.97. The molecule has 0 atom stereocenters. The zero-order valence-corrected chi connectivity index (χ0v) is 7.71. The van der Waals surface area contributed by atoms with Crippen LogP contribution < -0.4 is 0 Å². The number of hydrogen-bond donors (Lipinski definition) is 0. The van der Waals surface area contributed by atoms with E-state index in [4.69, 9.17) is 0 Å². The van der Waals surface area contributed by atoms with Gasteiger partial charge < -0.3 is 0 Å². The number of aryl methyl sites for hydroxylation is 1. The van der Waals surface area contributed by atoms with E-state index in [1.165, 1.54) is 6.33 Å². The van der Waals surface area contributed by atoms with Crippen LogP contribution in [0.4, 0.5) is 0 Å². The third-order valence-electron chi connectivity index (χ3n) is 2.02. The molecule has 1 aromatic carbocycles. The highest BCUT2D eigenvalue weighted by Crippen LogP contribution is 2.13. The van der Waals surface area contributed by atoms with E-state index in [1.807, 2.05) is 19.1 Å². The van der Waals surface area contributed by atoms with E-state index in [1.54, 1.807) is 17.1 Å². The van der Waals surface area contributed by atoms with Gasteiger partial charge in [0, 0.05) is 5.56 Å². The number of hydrogen-bond acceptors (Lipinski definition) is 3. The van der Waals surface area contributed by atoms with Gasteiger partial charge in [-0.05, 0) is 30.7 Å². The Morgan fingerprint density at radius 2 is 2.29 bits per heavy atom. The summed E-state index contributed by atoms with van der Waals surface area (Å²) >= 11 is 0. The van der Waals surface area contributed by atoms with E-state index >= 15 is 0 Å². The SMILES string of the molecule is Cc1cc(C=O)ccc1-n1cncn1. The second-order valence-corrected chi connectivity index (χ2v) is 3.00. The molecule has 0 fully saturated rings. The Kier molecular flexibility index (Phi) is 2.10. The summed E-state index contributed by atoms with van der Waals surface area (Å²) < 4.78 is 1.67. The van der Waals surface area contributed by atoms with Gasteiger partial charge in [-0.25, -0.2) is 9.67 Å². The fourth-order valence-corrected chi connectivity index (χ4v) is 1.34. The maximum Gasteiger partial charge on any atom is 0.150 e. The lowest BCUT2D eigenvalue weighted by atomic mass is 10.1. The lowest BCUT2D eigenvalue weighted by molar-refractivity contribution is 0.112. The van der Waals surface area contributed by atoms with Gasteiger partial charge >= 0.3 is 0 Å². The average molecular weight is 187 g/mol. The first-order valence-electron chi connectivity index (χ1n) is 4.22. The highest BCUT2D eigenvalue weighted by atomic mass is 16.1. The van der Waals surface area contributed by atoms with Crippen LogP contribution in [0.25, 0.3) is 5.69 Å². The second-order valence-electron chi connectivity index (χ2n) is 3.00. The first kappa shape index (κ1) is 8.62. The maximum absolute atomic E-state index is 10.5. The summed E-state index contributed by atoms with van der Waals surface area (Å²) in [4.78, 5) is 14.4. The van der Waals surface area contributed by atoms with Gasteiger partial charge in [0.05, 0.1) is 5.69 Å². The van der Waals surface area contributed by atoms with E-state index in [9.17, 15) is 4.79 Å². The molecule has 0 bridgehead atoms. The van der Waals surface area contributed by atoms with Crippen LogP contribution in [0.5, 0.6) is 0 Å². The molecule has 0 amide bonds. The average Bonchev–Trinajstić information content (AvgIpc) is 2.70. The van der Waals surface area contributed by atoms with E-state index in [-0.39, 0.29) is 0 Å². The molecule has 4 nitrogen and oxygen atoms in total. The van der Waals surface area contributed by atoms with Gasteiger partial charge in [-0.15, -0.1) is 0 Å². The summed E-state index contributed by atoms with van der Waals surface area (Å²) in [5.74, 6) is 0. The lowest BCUT2D eigenvalue weighted by Crippen LogP contribution is -1.98. The molecule has 0 radical (unpaired) electrons. The summed E-state index contributed by atoms with van der Waals surface area (Å²) in [5.41, 5.74) is 2.61. The fourth-order valence-electron chi connectivity index (χ4n) is 1.34. The minimum atomic E-state index is 0.673. The van der Waals surface area contributed by atoms with Crippen molar-refractivity contribution in [3.63, 3.8) is 0 Å². The number of aromatic nitrogens is 3. The second kappa shape index (κ2) is 3.41. The Balaban J connectivity index is 2.51. The maximum atomic E-state index is 10.5. The van der Waals surface area contributed by atoms with Gasteiger partial charge in [0.25, 0.3) is 0 Å². The van der Waals surface area contributed by atoms with Crippen LogP contribution >= 0.6 is 0 Å². The topological polar surface area (TPSA) is 47.8 Å². The summed E-state index contributed by atoms with van der Waals surface area (Å²) in [5, 5.41) is 4.02. The predicted octanol–water partition coefficient (Wildman–Crippen LogP) is 1.39. The third kappa shape index (κ3) is 1.42. The van der Waals surface area contributed by atoms with Gasteiger partial charge in [-0.3, -0.25) is 4.79 Å². The van der Waals surface area contributed by atoms with E-state index < -0.39 is 0 Å². The Morgan fingerprint density at radius 3 is 2.86 bits per heavy atom. The van der Waals surface area contributed by atoms with Crippen LogP contribution in [0, 0.1) is 6.92 Å². The largest absolute Gasteiger partial charge is 0.298 e. The first-order chi connectivity index (χ1) is 6.81. The van der Waals surface area contributed by atoms with Gasteiger partial charge in [0.2, 0.25) is 0 Å². The molecule has 0 unspecified atom stereocenters. The zero-order chi connectivity index (χ0) is 9.97. The number of aldehydes is 1. The minimum absolute atomic E-state index is 0.673. The van der Waals surface area contributed by atoms with Crippen LogP contribution in [0.1, 0.15) is 15.9 Å². The number of rotatable bonds is 2. The fraction of sp³-hybridized carbons (Fsp3) is 0.100. The van der Waals surface area contributed by atoms with E-state index in [2.05, 4.69) is 10.1 Å². The molecule has 1 aromatic heterocycles. The zero-order valence-electron chi connectivity index (χ0n) is 7.71. The summed E-state index contributed by atoms with van der Waals surface area (Å²) in [7, 11) is 0. The molecule has 0 aliphatic heterocycles. The Morgan fingerprint density at radius 1 is 1.43 bits per heavy atom. The highest BCUT2D eigenvalue weighted by molar-refractivity contribution is 5.75. The molecular formula is C10H9N3O. The van der Waals surface area contributed by atoms with Crippen LogP contribution in [-0.2, 0) is 0 Å². The molecular weight excluding hydrogens is 178 g/mol. The highest BCUT2D eigenvalue weighted by Gasteiger charge is 2.01. The molecule has 70 valence electrons. The van der Waals surface area contributed by atoms with Crippen molar-refractivity contribution in [3.05, 3.63) is 42.0 Å².